The monoisotopic (exact) mass is 342 g/mol. The lowest BCUT2D eigenvalue weighted by Crippen LogP contribution is -2.31. The van der Waals surface area contributed by atoms with E-state index in [9.17, 15) is 14.4 Å². The van der Waals surface area contributed by atoms with Gasteiger partial charge >= 0.3 is 0 Å². The zero-order valence-corrected chi connectivity index (χ0v) is 15.2. The fourth-order valence-corrected chi connectivity index (χ4v) is 0.950. The molecular formula is C15H30N6O3. The van der Waals surface area contributed by atoms with Crippen molar-refractivity contribution in [1.82, 2.24) is 16.3 Å². The van der Waals surface area contributed by atoms with Crippen LogP contribution in [0.3, 0.4) is 0 Å². The van der Waals surface area contributed by atoms with Gasteiger partial charge in [-0.2, -0.15) is 10.2 Å². The lowest BCUT2D eigenvalue weighted by molar-refractivity contribution is -0.126. The van der Waals surface area contributed by atoms with Gasteiger partial charge in [0.25, 0.3) is 0 Å². The fraction of sp³-hybridized carbons (Fsp3) is 0.667. The van der Waals surface area contributed by atoms with Crippen LogP contribution in [0.5, 0.6) is 0 Å². The second kappa shape index (κ2) is 15.6. The van der Waals surface area contributed by atoms with Crippen LogP contribution in [-0.4, -0.2) is 29.6 Å². The average molecular weight is 342 g/mol. The molecule has 3 amide bonds. The smallest absolute Gasteiger partial charge is 0.240 e. The van der Waals surface area contributed by atoms with Crippen molar-refractivity contribution in [2.24, 2.45) is 22.0 Å². The molecule has 0 bridgehead atoms. The Labute approximate surface area is 143 Å². The molecule has 1 unspecified atom stereocenters. The van der Waals surface area contributed by atoms with Gasteiger partial charge in [0.05, 0.1) is 0 Å². The summed E-state index contributed by atoms with van der Waals surface area (Å²) in [5, 5.41) is 7.52. The Morgan fingerprint density at radius 2 is 1.67 bits per heavy atom. The van der Waals surface area contributed by atoms with Crippen LogP contribution in [0.2, 0.25) is 0 Å². The Hall–Kier alpha value is -2.29. The van der Waals surface area contributed by atoms with Gasteiger partial charge in [0.1, 0.15) is 0 Å². The van der Waals surface area contributed by atoms with E-state index in [1.165, 1.54) is 6.92 Å². The number of nitrogens with one attached hydrogen (secondary N) is 3. The summed E-state index contributed by atoms with van der Waals surface area (Å²) in [4.78, 5) is 32.0. The number of hydrazine groups is 1. The standard InChI is InChI=1S/C9H18N4O2.C6H12N2O/c1-3-7(2)6-11-13-9(15)5-4-8(14)12-10;1-4-5(2)7-8-6(3)9/h6-7H,3-5,10H2,1-2H3,(H,12,14)(H,13,15);4H2,1-3H3,(H,8,9)/b11-6+;7-5+. The van der Waals surface area contributed by atoms with Crippen LogP contribution in [0.15, 0.2) is 10.2 Å². The Morgan fingerprint density at radius 3 is 2.12 bits per heavy atom. The average Bonchev–Trinajstić information content (AvgIpc) is 2.57. The van der Waals surface area contributed by atoms with Gasteiger partial charge in [0.15, 0.2) is 0 Å². The molecule has 9 heteroatoms. The number of carbonyl (C=O) groups excluding carboxylic acids is 3. The Morgan fingerprint density at radius 1 is 1.08 bits per heavy atom. The van der Waals surface area contributed by atoms with Crippen LogP contribution in [0.25, 0.3) is 0 Å². The van der Waals surface area contributed by atoms with E-state index in [0.717, 1.165) is 18.6 Å². The number of hydrazone groups is 2. The van der Waals surface area contributed by atoms with Crippen LogP contribution in [0.1, 0.15) is 60.3 Å². The van der Waals surface area contributed by atoms with Crippen LogP contribution >= 0.6 is 0 Å². The summed E-state index contributed by atoms with van der Waals surface area (Å²) in [6.07, 6.45) is 3.66. The summed E-state index contributed by atoms with van der Waals surface area (Å²) in [5.74, 6) is 4.41. The van der Waals surface area contributed by atoms with Crippen molar-refractivity contribution < 1.29 is 14.4 Å². The number of nitrogens with two attached hydrogens (primary N) is 1. The summed E-state index contributed by atoms with van der Waals surface area (Å²) in [6.45, 7) is 9.32. The van der Waals surface area contributed by atoms with Crippen molar-refractivity contribution in [3.8, 4) is 0 Å². The molecule has 0 heterocycles. The van der Waals surface area contributed by atoms with Crippen molar-refractivity contribution in [3.05, 3.63) is 0 Å². The molecule has 0 aromatic carbocycles. The number of hydrogen-bond acceptors (Lipinski definition) is 6. The zero-order valence-electron chi connectivity index (χ0n) is 15.2. The van der Waals surface area contributed by atoms with Crippen molar-refractivity contribution in [3.63, 3.8) is 0 Å². The van der Waals surface area contributed by atoms with Crippen molar-refractivity contribution in [2.75, 3.05) is 0 Å². The molecular weight excluding hydrogens is 312 g/mol. The molecule has 0 aromatic heterocycles. The molecule has 0 saturated carbocycles. The van der Waals surface area contributed by atoms with Gasteiger partial charge in [-0.25, -0.2) is 16.7 Å². The van der Waals surface area contributed by atoms with Gasteiger partial charge in [0.2, 0.25) is 17.7 Å². The Balaban J connectivity index is 0. The molecule has 0 saturated heterocycles. The maximum Gasteiger partial charge on any atom is 0.240 e. The number of hydrogen-bond donors (Lipinski definition) is 4. The lowest BCUT2D eigenvalue weighted by atomic mass is 10.1. The summed E-state index contributed by atoms with van der Waals surface area (Å²) < 4.78 is 0. The zero-order chi connectivity index (χ0) is 19.0. The first-order valence-electron chi connectivity index (χ1n) is 7.87. The highest BCUT2D eigenvalue weighted by molar-refractivity contribution is 5.84. The number of amides is 3. The molecule has 9 nitrogen and oxygen atoms in total. The van der Waals surface area contributed by atoms with E-state index >= 15 is 0 Å². The van der Waals surface area contributed by atoms with Gasteiger partial charge < -0.3 is 0 Å². The first-order chi connectivity index (χ1) is 11.3. The molecule has 138 valence electrons. The van der Waals surface area contributed by atoms with E-state index in [1.807, 2.05) is 33.1 Å². The molecule has 0 aromatic rings. The SMILES string of the molecule is CC/C(C)=N/NC(C)=O.CCC(C)/C=N/NC(=O)CCC(=O)NN. The summed E-state index contributed by atoms with van der Waals surface area (Å²) >= 11 is 0. The first kappa shape index (κ1) is 24.0. The fourth-order valence-electron chi connectivity index (χ4n) is 0.950. The largest absolute Gasteiger partial charge is 0.294 e. The van der Waals surface area contributed by atoms with Crippen molar-refractivity contribution >= 4 is 29.6 Å². The minimum Gasteiger partial charge on any atom is -0.294 e. The molecule has 24 heavy (non-hydrogen) atoms. The van der Waals surface area contributed by atoms with Crippen LogP contribution in [0.4, 0.5) is 0 Å². The maximum absolute atomic E-state index is 11.1. The Kier molecular flexibility index (Phi) is 15.6. The third kappa shape index (κ3) is 17.8. The Bertz CT molecular complexity index is 448. The highest BCUT2D eigenvalue weighted by Crippen LogP contribution is 1.94. The second-order valence-corrected chi connectivity index (χ2v) is 5.13. The van der Waals surface area contributed by atoms with Gasteiger partial charge in [-0.15, -0.1) is 0 Å². The summed E-state index contributed by atoms with van der Waals surface area (Å²) in [7, 11) is 0. The minimum atomic E-state index is -0.365. The number of carbonyl (C=O) groups is 3. The molecule has 0 spiro atoms. The third-order valence-corrected chi connectivity index (χ3v) is 2.82. The van der Waals surface area contributed by atoms with Gasteiger partial charge in [-0.1, -0.05) is 20.8 Å². The predicted molar refractivity (Wildman–Crippen MR) is 94.9 cm³/mol. The van der Waals surface area contributed by atoms with E-state index in [2.05, 4.69) is 21.1 Å². The molecule has 0 aliphatic rings. The van der Waals surface area contributed by atoms with E-state index in [-0.39, 0.29) is 30.6 Å². The highest BCUT2D eigenvalue weighted by Gasteiger charge is 2.04. The van der Waals surface area contributed by atoms with Crippen LogP contribution in [0, 0.1) is 5.92 Å². The maximum atomic E-state index is 11.1. The number of nitrogens with zero attached hydrogens (tertiary/aromatic N) is 2. The molecule has 5 N–H and O–H groups in total. The minimum absolute atomic E-state index is 0.0706. The quantitative estimate of drug-likeness (QED) is 0.224. The molecule has 0 aliphatic heterocycles. The van der Waals surface area contributed by atoms with Crippen LogP contribution in [-0.2, 0) is 14.4 Å². The highest BCUT2D eigenvalue weighted by atomic mass is 16.2. The van der Waals surface area contributed by atoms with Gasteiger partial charge in [-0.05, 0) is 25.7 Å². The van der Waals surface area contributed by atoms with E-state index < -0.39 is 0 Å². The number of rotatable bonds is 8. The molecule has 0 radical (unpaired) electrons. The molecule has 0 fully saturated rings. The van der Waals surface area contributed by atoms with Gasteiger partial charge in [0, 0.05) is 31.7 Å². The van der Waals surface area contributed by atoms with E-state index in [4.69, 9.17) is 5.84 Å². The van der Waals surface area contributed by atoms with Crippen molar-refractivity contribution in [1.29, 1.82) is 0 Å². The summed E-state index contributed by atoms with van der Waals surface area (Å²) in [5.41, 5.74) is 7.56. The van der Waals surface area contributed by atoms with E-state index in [1.54, 1.807) is 6.21 Å². The molecule has 0 rings (SSSR count). The first-order valence-corrected chi connectivity index (χ1v) is 7.87. The molecule has 0 aliphatic carbocycles. The topological polar surface area (TPSA) is 138 Å². The second-order valence-electron chi connectivity index (χ2n) is 5.13. The molecule has 1 atom stereocenters. The predicted octanol–water partition coefficient (Wildman–Crippen LogP) is 0.813. The van der Waals surface area contributed by atoms with E-state index in [0.29, 0.717) is 5.92 Å². The third-order valence-electron chi connectivity index (χ3n) is 2.82. The lowest BCUT2D eigenvalue weighted by Gasteiger charge is -2.01. The normalized spacial score (nSPS) is 12.0. The van der Waals surface area contributed by atoms with Gasteiger partial charge in [-0.3, -0.25) is 19.8 Å². The van der Waals surface area contributed by atoms with Crippen LogP contribution < -0.4 is 22.1 Å². The summed E-state index contributed by atoms with van der Waals surface area (Å²) in [6, 6.07) is 0. The van der Waals surface area contributed by atoms with Crippen molar-refractivity contribution in [2.45, 2.75) is 60.3 Å².